The molecular weight excluding hydrogens is 291 g/mol. The van der Waals surface area contributed by atoms with Crippen LogP contribution in [-0.4, -0.2) is 27.5 Å². The third-order valence-corrected chi connectivity index (χ3v) is 4.31. The zero-order chi connectivity index (χ0) is 13.0. The number of halogens is 2. The lowest BCUT2D eigenvalue weighted by molar-refractivity contribution is 0.548. The van der Waals surface area contributed by atoms with Gasteiger partial charge < -0.3 is 5.32 Å². The van der Waals surface area contributed by atoms with E-state index >= 15 is 0 Å². The molecule has 0 bridgehead atoms. The van der Waals surface area contributed by atoms with Crippen molar-refractivity contribution in [1.29, 1.82) is 0 Å². The van der Waals surface area contributed by atoms with E-state index in [0.29, 0.717) is 6.54 Å². The summed E-state index contributed by atoms with van der Waals surface area (Å²) in [6.07, 6.45) is 2.04. The Morgan fingerprint density at radius 1 is 1.37 bits per heavy atom. The molecule has 0 aliphatic carbocycles. The third-order valence-electron chi connectivity index (χ3n) is 3.02. The Kier molecular flexibility index (Phi) is 6.19. The highest BCUT2D eigenvalue weighted by molar-refractivity contribution is 7.88. The Labute approximate surface area is 119 Å². The fraction of sp³-hybridized carbons (Fsp3) is 0.500. The fourth-order valence-corrected chi connectivity index (χ4v) is 3.23. The van der Waals surface area contributed by atoms with E-state index in [4.69, 9.17) is 0 Å². The van der Waals surface area contributed by atoms with E-state index in [1.807, 2.05) is 0 Å². The average Bonchev–Trinajstić information content (AvgIpc) is 2.83. The van der Waals surface area contributed by atoms with E-state index in [1.54, 1.807) is 12.1 Å². The quantitative estimate of drug-likeness (QED) is 0.865. The van der Waals surface area contributed by atoms with E-state index in [1.165, 1.54) is 12.1 Å². The maximum Gasteiger partial charge on any atom is 0.215 e. The monoisotopic (exact) mass is 308 g/mol. The normalized spacial score (nSPS) is 19.1. The molecule has 19 heavy (non-hydrogen) atoms. The molecule has 7 heteroatoms. The molecule has 1 saturated heterocycles. The predicted octanol–water partition coefficient (Wildman–Crippen LogP) is 1.42. The van der Waals surface area contributed by atoms with Crippen LogP contribution in [-0.2, 0) is 15.8 Å². The molecule has 2 rings (SSSR count). The lowest BCUT2D eigenvalue weighted by Crippen LogP contribution is -2.37. The fourth-order valence-electron chi connectivity index (χ4n) is 2.03. The second-order valence-corrected chi connectivity index (χ2v) is 6.30. The summed E-state index contributed by atoms with van der Waals surface area (Å²) in [4.78, 5) is 0. The van der Waals surface area contributed by atoms with Gasteiger partial charge in [0.15, 0.2) is 0 Å². The molecule has 0 radical (unpaired) electrons. The summed E-state index contributed by atoms with van der Waals surface area (Å²) in [6, 6.07) is 6.12. The Morgan fingerprint density at radius 2 is 2.11 bits per heavy atom. The van der Waals surface area contributed by atoms with E-state index in [-0.39, 0.29) is 29.8 Å². The van der Waals surface area contributed by atoms with Gasteiger partial charge >= 0.3 is 0 Å². The molecule has 1 aliphatic heterocycles. The Balaban J connectivity index is 0.00000180. The minimum Gasteiger partial charge on any atom is -0.313 e. The van der Waals surface area contributed by atoms with Crippen molar-refractivity contribution < 1.29 is 12.8 Å². The smallest absolute Gasteiger partial charge is 0.215 e. The molecule has 108 valence electrons. The summed E-state index contributed by atoms with van der Waals surface area (Å²) in [5.74, 6) is -0.797. The molecule has 1 unspecified atom stereocenters. The van der Waals surface area contributed by atoms with Gasteiger partial charge in [0.05, 0.1) is 5.75 Å². The zero-order valence-corrected chi connectivity index (χ0v) is 12.1. The van der Waals surface area contributed by atoms with Gasteiger partial charge in [0.25, 0.3) is 0 Å². The van der Waals surface area contributed by atoms with Gasteiger partial charge in [-0.15, -0.1) is 12.4 Å². The van der Waals surface area contributed by atoms with Crippen LogP contribution in [0.5, 0.6) is 0 Å². The van der Waals surface area contributed by atoms with Crippen molar-refractivity contribution in [2.45, 2.75) is 24.6 Å². The van der Waals surface area contributed by atoms with Crippen LogP contribution in [0.15, 0.2) is 24.3 Å². The van der Waals surface area contributed by atoms with Gasteiger partial charge in [0.1, 0.15) is 5.82 Å². The van der Waals surface area contributed by atoms with Crippen molar-refractivity contribution in [3.63, 3.8) is 0 Å². The van der Waals surface area contributed by atoms with Gasteiger partial charge in [0, 0.05) is 18.2 Å². The highest BCUT2D eigenvalue weighted by Crippen LogP contribution is 2.10. The lowest BCUT2D eigenvalue weighted by atomic mass is 10.2. The van der Waals surface area contributed by atoms with Crippen LogP contribution in [0, 0.1) is 5.82 Å². The molecule has 1 fully saturated rings. The van der Waals surface area contributed by atoms with Crippen LogP contribution in [0.2, 0.25) is 0 Å². The van der Waals surface area contributed by atoms with Crippen LogP contribution in [0.1, 0.15) is 18.4 Å². The molecule has 0 amide bonds. The van der Waals surface area contributed by atoms with Crippen molar-refractivity contribution in [2.24, 2.45) is 0 Å². The first-order chi connectivity index (χ1) is 8.57. The molecule has 1 aromatic rings. The topological polar surface area (TPSA) is 58.2 Å². The first kappa shape index (κ1) is 16.4. The van der Waals surface area contributed by atoms with Crippen LogP contribution in [0.4, 0.5) is 4.39 Å². The summed E-state index contributed by atoms with van der Waals surface area (Å²) in [5, 5.41) is 3.20. The minimum absolute atomic E-state index is 0. The molecule has 1 atom stereocenters. The summed E-state index contributed by atoms with van der Waals surface area (Å²) in [5.41, 5.74) is 0.199. The largest absolute Gasteiger partial charge is 0.313 e. The molecule has 0 saturated carbocycles. The van der Waals surface area contributed by atoms with E-state index < -0.39 is 15.8 Å². The Hall–Kier alpha value is -0.690. The number of nitrogens with one attached hydrogen (secondary N) is 2. The van der Waals surface area contributed by atoms with E-state index in [9.17, 15) is 12.8 Å². The SMILES string of the molecule is Cl.O=S(=O)(Cc1ccccc1F)NCC1CCCN1. The van der Waals surface area contributed by atoms with Crippen LogP contribution in [0.25, 0.3) is 0 Å². The lowest BCUT2D eigenvalue weighted by Gasteiger charge is -2.12. The predicted molar refractivity (Wildman–Crippen MR) is 75.3 cm³/mol. The Morgan fingerprint density at radius 3 is 2.74 bits per heavy atom. The second kappa shape index (κ2) is 7.19. The molecule has 1 aliphatic rings. The molecule has 1 heterocycles. The van der Waals surface area contributed by atoms with Crippen molar-refractivity contribution >= 4 is 22.4 Å². The molecular formula is C12H18ClFN2O2S. The highest BCUT2D eigenvalue weighted by atomic mass is 35.5. The number of hydrogen-bond acceptors (Lipinski definition) is 3. The maximum atomic E-state index is 13.4. The van der Waals surface area contributed by atoms with Gasteiger partial charge in [-0.3, -0.25) is 0 Å². The highest BCUT2D eigenvalue weighted by Gasteiger charge is 2.18. The van der Waals surface area contributed by atoms with Gasteiger partial charge in [0.2, 0.25) is 10.0 Å². The number of benzene rings is 1. The van der Waals surface area contributed by atoms with E-state index in [0.717, 1.165) is 19.4 Å². The summed E-state index contributed by atoms with van der Waals surface area (Å²) < 4.78 is 39.5. The van der Waals surface area contributed by atoms with Gasteiger partial charge in [-0.05, 0) is 25.5 Å². The average molecular weight is 309 g/mol. The standard InChI is InChI=1S/C12H17FN2O2S.ClH/c13-12-6-2-1-4-10(12)9-18(16,17)15-8-11-5-3-7-14-11;/h1-2,4,6,11,14-15H,3,5,7-9H2;1H. The van der Waals surface area contributed by atoms with Crippen LogP contribution < -0.4 is 10.0 Å². The summed E-state index contributed by atoms with van der Waals surface area (Å²) in [6.45, 7) is 1.30. The summed E-state index contributed by atoms with van der Waals surface area (Å²) in [7, 11) is -3.47. The number of sulfonamides is 1. The molecule has 4 nitrogen and oxygen atoms in total. The van der Waals surface area contributed by atoms with Crippen LogP contribution in [0.3, 0.4) is 0 Å². The van der Waals surface area contributed by atoms with Crippen LogP contribution >= 0.6 is 12.4 Å². The Bertz CT molecular complexity index is 504. The molecule has 1 aromatic carbocycles. The molecule has 2 N–H and O–H groups in total. The summed E-state index contributed by atoms with van der Waals surface area (Å²) >= 11 is 0. The van der Waals surface area contributed by atoms with Crippen molar-refractivity contribution in [3.05, 3.63) is 35.6 Å². The second-order valence-electron chi connectivity index (χ2n) is 4.49. The first-order valence-electron chi connectivity index (χ1n) is 6.01. The number of rotatable bonds is 5. The number of hydrogen-bond donors (Lipinski definition) is 2. The minimum atomic E-state index is -3.47. The van der Waals surface area contributed by atoms with E-state index in [2.05, 4.69) is 10.0 Å². The van der Waals surface area contributed by atoms with Crippen molar-refractivity contribution in [3.8, 4) is 0 Å². The zero-order valence-electron chi connectivity index (χ0n) is 10.4. The molecule has 0 spiro atoms. The third kappa shape index (κ3) is 5.06. The van der Waals surface area contributed by atoms with Crippen molar-refractivity contribution in [2.75, 3.05) is 13.1 Å². The first-order valence-corrected chi connectivity index (χ1v) is 7.66. The van der Waals surface area contributed by atoms with Gasteiger partial charge in [-0.1, -0.05) is 18.2 Å². The molecule has 0 aromatic heterocycles. The van der Waals surface area contributed by atoms with Gasteiger partial charge in [-0.25, -0.2) is 17.5 Å². The van der Waals surface area contributed by atoms with Gasteiger partial charge in [-0.2, -0.15) is 0 Å². The van der Waals surface area contributed by atoms with Crippen molar-refractivity contribution in [1.82, 2.24) is 10.0 Å². The maximum absolute atomic E-state index is 13.4.